The van der Waals surface area contributed by atoms with Crippen molar-refractivity contribution < 1.29 is 14.3 Å². The zero-order chi connectivity index (χ0) is 20.9. The summed E-state index contributed by atoms with van der Waals surface area (Å²) in [6, 6.07) is 9.80. The maximum atomic E-state index is 11.9. The number of thioether (sulfide) groups is 1. The molecule has 1 aromatic heterocycles. The molecular formula is C22H31ClN2O3S2. The predicted molar refractivity (Wildman–Crippen MR) is 129 cm³/mol. The average molecular weight is 471 g/mol. The number of benzene rings is 1. The second-order valence-corrected chi connectivity index (χ2v) is 8.33. The number of carbonyl (C=O) groups is 1. The normalized spacial score (nSPS) is 10.8. The summed E-state index contributed by atoms with van der Waals surface area (Å²) in [5.74, 6) is 2.04. The van der Waals surface area contributed by atoms with Gasteiger partial charge in [-0.25, -0.2) is 0 Å². The molecule has 0 aliphatic heterocycles. The Morgan fingerprint density at radius 1 is 1.23 bits per heavy atom. The third kappa shape index (κ3) is 9.89. The lowest BCUT2D eigenvalue weighted by atomic mass is 10.3. The summed E-state index contributed by atoms with van der Waals surface area (Å²) in [6.45, 7) is 8.03. The highest BCUT2D eigenvalue weighted by molar-refractivity contribution is 8.00. The number of nitrogens with zero attached hydrogens (tertiary/aromatic N) is 1. The average Bonchev–Trinajstić information content (AvgIpc) is 3.20. The Balaban J connectivity index is 0.00000450. The molecule has 30 heavy (non-hydrogen) atoms. The number of rotatable bonds is 13. The first-order chi connectivity index (χ1) is 14.1. The fourth-order valence-corrected chi connectivity index (χ4v) is 4.15. The molecule has 0 saturated heterocycles. The lowest BCUT2D eigenvalue weighted by molar-refractivity contribution is -0.117. The van der Waals surface area contributed by atoms with Crippen LogP contribution < -0.4 is 14.8 Å². The molecule has 1 heterocycles. The van der Waals surface area contributed by atoms with Crippen LogP contribution in [-0.4, -0.2) is 43.4 Å². The number of methoxy groups -OCH3 is 1. The second-order valence-electron chi connectivity index (χ2n) is 6.28. The molecule has 0 fully saturated rings. The van der Waals surface area contributed by atoms with Gasteiger partial charge in [-0.3, -0.25) is 9.69 Å². The topological polar surface area (TPSA) is 50.8 Å². The minimum absolute atomic E-state index is 0. The van der Waals surface area contributed by atoms with Crippen LogP contribution in [0.25, 0.3) is 0 Å². The first kappa shape index (κ1) is 26.4. The van der Waals surface area contributed by atoms with Crippen LogP contribution in [0.4, 0.5) is 0 Å². The van der Waals surface area contributed by atoms with Gasteiger partial charge in [0.15, 0.2) is 0 Å². The van der Waals surface area contributed by atoms with Gasteiger partial charge in [-0.2, -0.15) is 0 Å². The molecule has 1 amide bonds. The van der Waals surface area contributed by atoms with Crippen LogP contribution in [-0.2, 0) is 11.3 Å². The summed E-state index contributed by atoms with van der Waals surface area (Å²) < 4.78 is 11.0. The summed E-state index contributed by atoms with van der Waals surface area (Å²) in [4.78, 5) is 16.6. The van der Waals surface area contributed by atoms with E-state index in [0.717, 1.165) is 42.4 Å². The van der Waals surface area contributed by atoms with Crippen LogP contribution >= 0.6 is 35.5 Å². The second kappa shape index (κ2) is 15.2. The first-order valence-electron chi connectivity index (χ1n) is 9.78. The van der Waals surface area contributed by atoms with Crippen LogP contribution in [0.2, 0.25) is 0 Å². The number of ether oxygens (including phenoxy) is 2. The Hall–Kier alpha value is -1.67. The predicted octanol–water partition coefficient (Wildman–Crippen LogP) is 5.21. The smallest absolute Gasteiger partial charge is 0.234 e. The molecule has 0 bridgehead atoms. The highest BCUT2D eigenvalue weighted by Gasteiger charge is 2.05. The molecule has 166 valence electrons. The van der Waals surface area contributed by atoms with Gasteiger partial charge in [-0.05, 0) is 43.6 Å². The van der Waals surface area contributed by atoms with E-state index >= 15 is 0 Å². The van der Waals surface area contributed by atoms with E-state index in [-0.39, 0.29) is 18.3 Å². The minimum atomic E-state index is -0.0335. The number of nitrogens with one attached hydrogen (secondary N) is 1. The fourth-order valence-electron chi connectivity index (χ4n) is 2.55. The van der Waals surface area contributed by atoms with Crippen molar-refractivity contribution in [2.45, 2.75) is 31.7 Å². The minimum Gasteiger partial charge on any atom is -0.497 e. The molecule has 0 unspecified atom stereocenters. The van der Waals surface area contributed by atoms with Crippen LogP contribution in [0.15, 0.2) is 52.9 Å². The summed E-state index contributed by atoms with van der Waals surface area (Å²) in [5, 5.41) is 4.84. The summed E-state index contributed by atoms with van der Waals surface area (Å²) >= 11 is 3.22. The van der Waals surface area contributed by atoms with Gasteiger partial charge in [0.1, 0.15) is 11.5 Å². The van der Waals surface area contributed by atoms with Crippen molar-refractivity contribution in [3.63, 3.8) is 0 Å². The highest BCUT2D eigenvalue weighted by Crippen LogP contribution is 2.23. The molecule has 0 radical (unpaired) electrons. The summed E-state index contributed by atoms with van der Waals surface area (Å²) in [6.07, 6.45) is 4.35. The van der Waals surface area contributed by atoms with Crippen molar-refractivity contribution in [1.82, 2.24) is 10.2 Å². The van der Waals surface area contributed by atoms with Crippen molar-refractivity contribution in [3.05, 3.63) is 52.9 Å². The molecule has 5 nitrogen and oxygen atoms in total. The number of hydrogen-bond donors (Lipinski definition) is 1. The van der Waals surface area contributed by atoms with E-state index in [2.05, 4.69) is 35.5 Å². The SMILES string of the molecule is CCN(CC)Cc1cc(OCC/C=C\NC(=O)CSc2cccc(OC)c2)cs1.Cl. The van der Waals surface area contributed by atoms with Gasteiger partial charge >= 0.3 is 0 Å². The number of amides is 1. The quantitative estimate of drug-likeness (QED) is 0.321. The summed E-state index contributed by atoms with van der Waals surface area (Å²) in [5.41, 5.74) is 0. The Morgan fingerprint density at radius 2 is 2.03 bits per heavy atom. The van der Waals surface area contributed by atoms with E-state index in [0.29, 0.717) is 12.4 Å². The number of hydrogen-bond acceptors (Lipinski definition) is 6. The van der Waals surface area contributed by atoms with E-state index in [1.165, 1.54) is 16.6 Å². The molecule has 0 aliphatic carbocycles. The van der Waals surface area contributed by atoms with Crippen molar-refractivity contribution in [2.75, 3.05) is 32.6 Å². The molecule has 0 saturated carbocycles. The monoisotopic (exact) mass is 470 g/mol. The molecule has 2 aromatic rings. The zero-order valence-electron chi connectivity index (χ0n) is 17.8. The van der Waals surface area contributed by atoms with Crippen molar-refractivity contribution in [2.24, 2.45) is 0 Å². The van der Waals surface area contributed by atoms with Gasteiger partial charge in [-0.1, -0.05) is 26.0 Å². The third-order valence-corrected chi connectivity index (χ3v) is 6.12. The van der Waals surface area contributed by atoms with Gasteiger partial charge in [0.25, 0.3) is 0 Å². The van der Waals surface area contributed by atoms with Gasteiger partial charge < -0.3 is 14.8 Å². The lowest BCUT2D eigenvalue weighted by Gasteiger charge is -2.16. The Kier molecular flexibility index (Phi) is 13.3. The van der Waals surface area contributed by atoms with Crippen molar-refractivity contribution in [1.29, 1.82) is 0 Å². The molecular weight excluding hydrogens is 440 g/mol. The summed E-state index contributed by atoms with van der Waals surface area (Å²) in [7, 11) is 1.63. The van der Waals surface area contributed by atoms with E-state index < -0.39 is 0 Å². The van der Waals surface area contributed by atoms with Gasteiger partial charge in [0.2, 0.25) is 5.91 Å². The Morgan fingerprint density at radius 3 is 2.77 bits per heavy atom. The highest BCUT2D eigenvalue weighted by atomic mass is 35.5. The lowest BCUT2D eigenvalue weighted by Crippen LogP contribution is -2.21. The standard InChI is InChI=1S/C22H30N2O3S2.ClH/c1-4-24(5-2)15-21-14-19(16-28-21)27-12-7-6-11-23-22(25)17-29-20-10-8-9-18(13-20)26-3;/h6,8-11,13-14,16H,4-5,7,12,15,17H2,1-3H3,(H,23,25);1H/b11-6-;. The van der Waals surface area contributed by atoms with E-state index in [1.54, 1.807) is 24.6 Å². The van der Waals surface area contributed by atoms with Crippen LogP contribution in [0.5, 0.6) is 11.5 Å². The van der Waals surface area contributed by atoms with Crippen molar-refractivity contribution in [3.8, 4) is 11.5 Å². The zero-order valence-corrected chi connectivity index (χ0v) is 20.2. The van der Waals surface area contributed by atoms with E-state index in [9.17, 15) is 4.79 Å². The molecule has 1 N–H and O–H groups in total. The van der Waals surface area contributed by atoms with Crippen molar-refractivity contribution >= 4 is 41.4 Å². The molecule has 0 atom stereocenters. The maximum Gasteiger partial charge on any atom is 0.234 e. The molecule has 1 aromatic carbocycles. The van der Waals surface area contributed by atoms with Crippen LogP contribution in [0.1, 0.15) is 25.1 Å². The maximum absolute atomic E-state index is 11.9. The van der Waals surface area contributed by atoms with Crippen LogP contribution in [0, 0.1) is 0 Å². The number of carbonyl (C=O) groups excluding carboxylic acids is 1. The van der Waals surface area contributed by atoms with Gasteiger partial charge in [0, 0.05) is 28.1 Å². The molecule has 0 aliphatic rings. The molecule has 0 spiro atoms. The number of thiophene rings is 1. The molecule has 8 heteroatoms. The Bertz CT molecular complexity index is 779. The van der Waals surface area contributed by atoms with Gasteiger partial charge in [-0.15, -0.1) is 35.5 Å². The van der Waals surface area contributed by atoms with E-state index in [4.69, 9.17) is 9.47 Å². The number of halogens is 1. The third-order valence-electron chi connectivity index (χ3n) is 4.23. The Labute approximate surface area is 194 Å². The van der Waals surface area contributed by atoms with Gasteiger partial charge in [0.05, 0.1) is 19.5 Å². The van der Waals surface area contributed by atoms with Crippen LogP contribution in [0.3, 0.4) is 0 Å². The largest absolute Gasteiger partial charge is 0.497 e. The first-order valence-corrected chi connectivity index (χ1v) is 11.6. The fraction of sp³-hybridized carbons (Fsp3) is 0.409. The van der Waals surface area contributed by atoms with E-state index in [1.807, 2.05) is 30.3 Å². The molecule has 2 rings (SSSR count).